The molecule has 0 atom stereocenters. The molecule has 2 aliphatic rings. The van der Waals surface area contributed by atoms with Gasteiger partial charge in [0.15, 0.2) is 5.16 Å². The number of hydrogen-bond acceptors (Lipinski definition) is 3. The van der Waals surface area contributed by atoms with Crippen LogP contribution >= 0.6 is 27.7 Å². The van der Waals surface area contributed by atoms with Crippen molar-refractivity contribution in [2.75, 3.05) is 0 Å². The summed E-state index contributed by atoms with van der Waals surface area (Å²) in [6, 6.07) is 5.63. The fraction of sp³-hybridized carbons (Fsp3) is 0.467. The monoisotopic (exact) mass is 367 g/mol. The van der Waals surface area contributed by atoms with E-state index in [1.54, 1.807) is 17.8 Å². The molecule has 0 unspecified atom stereocenters. The second kappa shape index (κ2) is 5.39. The molecule has 0 N–H and O–H groups in total. The van der Waals surface area contributed by atoms with Crippen molar-refractivity contribution in [1.29, 1.82) is 0 Å². The van der Waals surface area contributed by atoms with Gasteiger partial charge in [0.2, 0.25) is 0 Å². The summed E-state index contributed by atoms with van der Waals surface area (Å²) in [6.07, 6.45) is 4.90. The van der Waals surface area contributed by atoms with Crippen LogP contribution in [0.25, 0.3) is 0 Å². The first kappa shape index (κ1) is 13.8. The molecule has 6 heteroatoms. The molecule has 0 spiro atoms. The summed E-state index contributed by atoms with van der Waals surface area (Å²) in [5, 5.41) is 9.67. The first-order valence-corrected chi connectivity index (χ1v) is 9.02. The predicted molar refractivity (Wildman–Crippen MR) is 83.9 cm³/mol. The fourth-order valence-corrected chi connectivity index (χ4v) is 3.87. The lowest BCUT2D eigenvalue weighted by atomic mass is 10.2. The Morgan fingerprint density at radius 3 is 2.76 bits per heavy atom. The van der Waals surface area contributed by atoms with Crippen LogP contribution in [0.5, 0.6) is 0 Å². The molecule has 0 bridgehead atoms. The van der Waals surface area contributed by atoms with E-state index in [0.29, 0.717) is 23.3 Å². The number of nitrogens with zero attached hydrogens (tertiary/aromatic N) is 3. The van der Waals surface area contributed by atoms with E-state index >= 15 is 0 Å². The van der Waals surface area contributed by atoms with Gasteiger partial charge in [-0.3, -0.25) is 0 Å². The molecule has 2 aromatic rings. The van der Waals surface area contributed by atoms with Crippen molar-refractivity contribution in [3.63, 3.8) is 0 Å². The van der Waals surface area contributed by atoms with Crippen molar-refractivity contribution in [3.05, 3.63) is 39.9 Å². The molecular formula is C15H15BrFN3S. The van der Waals surface area contributed by atoms with E-state index in [2.05, 4.69) is 30.7 Å². The number of thioether (sulfide) groups is 1. The van der Waals surface area contributed by atoms with Crippen LogP contribution in [0.15, 0.2) is 27.8 Å². The molecule has 3 nitrogen and oxygen atoms in total. The Bertz CT molecular complexity index is 680. The summed E-state index contributed by atoms with van der Waals surface area (Å²) >= 11 is 4.98. The van der Waals surface area contributed by atoms with Crippen molar-refractivity contribution in [2.24, 2.45) is 0 Å². The number of halogens is 2. The molecule has 4 rings (SSSR count). The maximum absolute atomic E-state index is 13.8. The molecular weight excluding hydrogens is 353 g/mol. The summed E-state index contributed by atoms with van der Waals surface area (Å²) in [5.41, 5.74) is 0.702. The summed E-state index contributed by atoms with van der Waals surface area (Å²) in [7, 11) is 0. The van der Waals surface area contributed by atoms with Gasteiger partial charge in [0.25, 0.3) is 0 Å². The Morgan fingerprint density at radius 1 is 1.24 bits per heavy atom. The van der Waals surface area contributed by atoms with Crippen molar-refractivity contribution >= 4 is 27.7 Å². The zero-order chi connectivity index (χ0) is 14.4. The largest absolute Gasteiger partial charge is 0.303 e. The Balaban J connectivity index is 1.55. The molecule has 21 heavy (non-hydrogen) atoms. The number of rotatable bonds is 5. The van der Waals surface area contributed by atoms with Crippen molar-refractivity contribution in [3.8, 4) is 0 Å². The minimum Gasteiger partial charge on any atom is -0.303 e. The van der Waals surface area contributed by atoms with E-state index in [0.717, 1.165) is 15.5 Å². The maximum Gasteiger partial charge on any atom is 0.191 e. The molecule has 2 fully saturated rings. The Labute approximate surface area is 135 Å². The number of aromatic nitrogens is 3. The molecule has 0 radical (unpaired) electrons. The van der Waals surface area contributed by atoms with E-state index < -0.39 is 0 Å². The standard InChI is InChI=1S/C15H15BrFN3S/c16-11-3-6-13(17)10(7-11)8-21-15-19-18-14(9-1-2-9)20(15)12-4-5-12/h3,6-7,9,12H,1-2,4-5,8H2. The first-order valence-electron chi connectivity index (χ1n) is 7.24. The average molecular weight is 368 g/mol. The van der Waals surface area contributed by atoms with Crippen LogP contribution in [0, 0.1) is 5.82 Å². The lowest BCUT2D eigenvalue weighted by Gasteiger charge is -2.08. The highest BCUT2D eigenvalue weighted by Crippen LogP contribution is 2.46. The maximum atomic E-state index is 13.8. The van der Waals surface area contributed by atoms with E-state index in [1.165, 1.54) is 31.7 Å². The first-order chi connectivity index (χ1) is 10.2. The van der Waals surface area contributed by atoms with Gasteiger partial charge >= 0.3 is 0 Å². The summed E-state index contributed by atoms with van der Waals surface area (Å²) in [6.45, 7) is 0. The van der Waals surface area contributed by atoms with Gasteiger partial charge in [0.1, 0.15) is 11.6 Å². The lowest BCUT2D eigenvalue weighted by Crippen LogP contribution is -2.02. The normalized spacial score (nSPS) is 18.2. The lowest BCUT2D eigenvalue weighted by molar-refractivity contribution is 0.615. The minimum atomic E-state index is -0.161. The van der Waals surface area contributed by atoms with Gasteiger partial charge in [-0.25, -0.2) is 4.39 Å². The van der Waals surface area contributed by atoms with Crippen molar-refractivity contribution in [2.45, 2.75) is 48.6 Å². The van der Waals surface area contributed by atoms with E-state index in [-0.39, 0.29) is 5.82 Å². The molecule has 1 heterocycles. The van der Waals surface area contributed by atoms with Gasteiger partial charge in [0, 0.05) is 22.2 Å². The van der Waals surface area contributed by atoms with Gasteiger partial charge < -0.3 is 4.57 Å². The van der Waals surface area contributed by atoms with Crippen LogP contribution in [0.3, 0.4) is 0 Å². The van der Waals surface area contributed by atoms with Crippen molar-refractivity contribution < 1.29 is 4.39 Å². The molecule has 0 saturated heterocycles. The third-order valence-electron chi connectivity index (χ3n) is 3.91. The Morgan fingerprint density at radius 2 is 2.05 bits per heavy atom. The highest BCUT2D eigenvalue weighted by Gasteiger charge is 2.36. The molecule has 110 valence electrons. The molecule has 2 aliphatic carbocycles. The van der Waals surface area contributed by atoms with Crippen LogP contribution in [0.4, 0.5) is 4.39 Å². The average Bonchev–Trinajstić information content (AvgIpc) is 3.38. The van der Waals surface area contributed by atoms with Gasteiger partial charge in [-0.1, -0.05) is 27.7 Å². The van der Waals surface area contributed by atoms with Gasteiger partial charge in [0.05, 0.1) is 0 Å². The topological polar surface area (TPSA) is 30.7 Å². The molecule has 1 aromatic heterocycles. The number of benzene rings is 1. The third kappa shape index (κ3) is 2.88. The van der Waals surface area contributed by atoms with Crippen LogP contribution < -0.4 is 0 Å². The Kier molecular flexibility index (Phi) is 3.53. The minimum absolute atomic E-state index is 0.161. The zero-order valence-electron chi connectivity index (χ0n) is 11.4. The molecule has 1 aromatic carbocycles. The second-order valence-electron chi connectivity index (χ2n) is 5.74. The van der Waals surface area contributed by atoms with Gasteiger partial charge in [-0.15, -0.1) is 10.2 Å². The summed E-state index contributed by atoms with van der Waals surface area (Å²) in [5.74, 6) is 2.18. The third-order valence-corrected chi connectivity index (χ3v) is 5.40. The van der Waals surface area contributed by atoms with Crippen molar-refractivity contribution in [1.82, 2.24) is 14.8 Å². The van der Waals surface area contributed by atoms with Crippen LogP contribution in [-0.4, -0.2) is 14.8 Å². The number of hydrogen-bond donors (Lipinski definition) is 0. The zero-order valence-corrected chi connectivity index (χ0v) is 13.8. The van der Waals surface area contributed by atoms with Gasteiger partial charge in [-0.05, 0) is 49.4 Å². The van der Waals surface area contributed by atoms with Crippen LogP contribution in [-0.2, 0) is 5.75 Å². The van der Waals surface area contributed by atoms with Crippen LogP contribution in [0.2, 0.25) is 0 Å². The molecule has 0 aliphatic heterocycles. The van der Waals surface area contributed by atoms with E-state index in [4.69, 9.17) is 0 Å². The van der Waals surface area contributed by atoms with Crippen LogP contribution in [0.1, 0.15) is 49.0 Å². The summed E-state index contributed by atoms with van der Waals surface area (Å²) < 4.78 is 17.0. The summed E-state index contributed by atoms with van der Waals surface area (Å²) in [4.78, 5) is 0. The van der Waals surface area contributed by atoms with E-state index in [9.17, 15) is 4.39 Å². The van der Waals surface area contributed by atoms with Gasteiger partial charge in [-0.2, -0.15) is 0 Å². The highest BCUT2D eigenvalue weighted by molar-refractivity contribution is 9.10. The second-order valence-corrected chi connectivity index (χ2v) is 7.60. The van der Waals surface area contributed by atoms with E-state index in [1.807, 2.05) is 6.07 Å². The predicted octanol–water partition coefficient (Wildman–Crippen LogP) is 4.68. The SMILES string of the molecule is Fc1ccc(Br)cc1CSc1nnc(C2CC2)n1C1CC1. The fourth-order valence-electron chi connectivity index (χ4n) is 2.48. The Hall–Kier alpha value is -0.880. The molecule has 2 saturated carbocycles. The highest BCUT2D eigenvalue weighted by atomic mass is 79.9. The quantitative estimate of drug-likeness (QED) is 0.718. The smallest absolute Gasteiger partial charge is 0.191 e. The molecule has 0 amide bonds.